The molecule has 2 nitrogen and oxygen atoms in total. The molecular weight excluding hydrogens is 679 g/mol. The maximum atomic E-state index is 6.60. The fourth-order valence-electron chi connectivity index (χ4n) is 8.46. The molecule has 2 aromatic heterocycles. The topological polar surface area (TPSA) is 18.1 Å². The van der Waals surface area contributed by atoms with Gasteiger partial charge in [-0.2, -0.15) is 0 Å². The number of furan rings is 1. The zero-order chi connectivity index (χ0) is 37.0. The Labute approximate surface area is 325 Å². The molecule has 2 heteroatoms. The molecule has 0 saturated heterocycles. The van der Waals surface area contributed by atoms with Crippen molar-refractivity contribution in [3.05, 3.63) is 212 Å². The number of para-hydroxylation sites is 3. The highest BCUT2D eigenvalue weighted by atomic mass is 16.3. The zero-order valence-corrected chi connectivity index (χ0v) is 30.6. The fraction of sp³-hybridized carbons (Fsp3) is 0. The van der Waals surface area contributed by atoms with Crippen molar-refractivity contribution in [3.63, 3.8) is 0 Å². The van der Waals surface area contributed by atoms with Crippen LogP contribution in [0.2, 0.25) is 0 Å². The van der Waals surface area contributed by atoms with Gasteiger partial charge in [-0.3, -0.25) is 0 Å². The van der Waals surface area contributed by atoms with Crippen LogP contribution >= 0.6 is 0 Å². The fourth-order valence-corrected chi connectivity index (χ4v) is 8.46. The van der Waals surface area contributed by atoms with Crippen molar-refractivity contribution < 1.29 is 4.42 Å². The Balaban J connectivity index is 1.12. The van der Waals surface area contributed by atoms with Crippen LogP contribution in [0.15, 0.2) is 217 Å². The van der Waals surface area contributed by atoms with Crippen molar-refractivity contribution in [2.24, 2.45) is 0 Å². The number of hydrogen-bond acceptors (Lipinski definition) is 1. The molecule has 0 atom stereocenters. The summed E-state index contributed by atoms with van der Waals surface area (Å²) in [6.45, 7) is 0. The summed E-state index contributed by atoms with van der Waals surface area (Å²) in [5.74, 6) is 0. The van der Waals surface area contributed by atoms with Gasteiger partial charge in [0.15, 0.2) is 0 Å². The smallest absolute Gasteiger partial charge is 0.143 e. The van der Waals surface area contributed by atoms with Crippen molar-refractivity contribution in [1.29, 1.82) is 0 Å². The predicted octanol–water partition coefficient (Wildman–Crippen LogP) is 15.0. The first kappa shape index (κ1) is 32.0. The lowest BCUT2D eigenvalue weighted by Gasteiger charge is -2.14. The van der Waals surface area contributed by atoms with Gasteiger partial charge in [-0.15, -0.1) is 0 Å². The number of nitrogens with zero attached hydrogens (tertiary/aromatic N) is 1. The van der Waals surface area contributed by atoms with Gasteiger partial charge < -0.3 is 8.98 Å². The minimum atomic E-state index is 0.900. The van der Waals surface area contributed by atoms with Crippen LogP contribution in [0.5, 0.6) is 0 Å². The molecule has 0 bridgehead atoms. The lowest BCUT2D eigenvalue weighted by molar-refractivity contribution is 0.670. The van der Waals surface area contributed by atoms with Gasteiger partial charge in [0.25, 0.3) is 0 Å². The largest absolute Gasteiger partial charge is 0.455 e. The van der Waals surface area contributed by atoms with Crippen LogP contribution in [0.25, 0.3) is 105 Å². The third-order valence-corrected chi connectivity index (χ3v) is 11.2. The van der Waals surface area contributed by atoms with Gasteiger partial charge in [0.2, 0.25) is 0 Å². The van der Waals surface area contributed by atoms with Crippen LogP contribution in [0, 0.1) is 0 Å². The molecule has 9 aromatic carbocycles. The molecule has 262 valence electrons. The summed E-state index contributed by atoms with van der Waals surface area (Å²) in [4.78, 5) is 0. The second-order valence-corrected chi connectivity index (χ2v) is 14.5. The average Bonchev–Trinajstić information content (AvgIpc) is 3.83. The van der Waals surface area contributed by atoms with Gasteiger partial charge in [-0.25, -0.2) is 0 Å². The van der Waals surface area contributed by atoms with Crippen LogP contribution in [0.4, 0.5) is 0 Å². The second kappa shape index (κ2) is 13.2. The van der Waals surface area contributed by atoms with E-state index in [1.54, 1.807) is 0 Å². The molecular formula is C54H35NO. The molecule has 0 aliphatic rings. The van der Waals surface area contributed by atoms with Crippen LogP contribution in [0.3, 0.4) is 0 Å². The highest BCUT2D eigenvalue weighted by Gasteiger charge is 2.17. The van der Waals surface area contributed by atoms with Crippen molar-refractivity contribution >= 4 is 43.7 Å². The number of aromatic nitrogens is 1. The quantitative estimate of drug-likeness (QED) is 0.168. The van der Waals surface area contributed by atoms with E-state index in [-0.39, 0.29) is 0 Å². The SMILES string of the molecule is c1ccc(-c2ccc(-n3c4ccccc4c4ccc(-c5cc(-c6cccc(-c7ccccc7)c6)cc(-c6cccc7c6oc6ccccc67)c5)cc43)cc2)cc1. The van der Waals surface area contributed by atoms with E-state index in [0.29, 0.717) is 0 Å². The van der Waals surface area contributed by atoms with E-state index in [0.717, 1.165) is 55.4 Å². The maximum absolute atomic E-state index is 6.60. The Kier molecular flexibility index (Phi) is 7.53. The lowest BCUT2D eigenvalue weighted by Crippen LogP contribution is -1.94. The van der Waals surface area contributed by atoms with Gasteiger partial charge in [-0.1, -0.05) is 158 Å². The van der Waals surface area contributed by atoms with Crippen molar-refractivity contribution in [1.82, 2.24) is 4.57 Å². The number of fused-ring (bicyclic) bond motifs is 6. The summed E-state index contributed by atoms with van der Waals surface area (Å²) in [6.07, 6.45) is 0. The second-order valence-electron chi connectivity index (χ2n) is 14.5. The van der Waals surface area contributed by atoms with E-state index in [4.69, 9.17) is 4.42 Å². The number of hydrogen-bond donors (Lipinski definition) is 0. The summed E-state index contributed by atoms with van der Waals surface area (Å²) in [7, 11) is 0. The standard InChI is InChI=1S/C54H35NO/c1-3-13-36(14-4-1)38-25-28-45(29-26-38)55-51-23-9-7-19-47(51)48-30-27-41(35-52(48)55)43-32-42(40-18-11-17-39(31-40)37-15-5-2-6-16-37)33-44(34-43)46-21-12-22-50-49-20-8-10-24-53(49)56-54(46)50/h1-35H. The molecule has 56 heavy (non-hydrogen) atoms. The first-order valence-corrected chi connectivity index (χ1v) is 19.2. The van der Waals surface area contributed by atoms with E-state index in [2.05, 4.69) is 211 Å². The van der Waals surface area contributed by atoms with Crippen LogP contribution < -0.4 is 0 Å². The molecule has 0 radical (unpaired) electrons. The van der Waals surface area contributed by atoms with Gasteiger partial charge in [0, 0.05) is 32.8 Å². The minimum Gasteiger partial charge on any atom is -0.455 e. The molecule has 0 saturated carbocycles. The summed E-state index contributed by atoms with van der Waals surface area (Å²) < 4.78 is 9.00. The normalized spacial score (nSPS) is 11.6. The molecule has 0 fully saturated rings. The van der Waals surface area contributed by atoms with E-state index < -0.39 is 0 Å². The Morgan fingerprint density at radius 1 is 0.286 bits per heavy atom. The highest BCUT2D eigenvalue weighted by molar-refractivity contribution is 6.11. The van der Waals surface area contributed by atoms with Gasteiger partial charge in [-0.05, 0) is 105 Å². The van der Waals surface area contributed by atoms with Crippen LogP contribution in [-0.2, 0) is 0 Å². The monoisotopic (exact) mass is 713 g/mol. The van der Waals surface area contributed by atoms with E-state index in [1.165, 1.54) is 49.6 Å². The highest BCUT2D eigenvalue weighted by Crippen LogP contribution is 2.41. The molecule has 0 unspecified atom stereocenters. The van der Waals surface area contributed by atoms with Gasteiger partial charge >= 0.3 is 0 Å². The third kappa shape index (κ3) is 5.42. The summed E-state index contributed by atoms with van der Waals surface area (Å²) >= 11 is 0. The van der Waals surface area contributed by atoms with Crippen molar-refractivity contribution in [2.75, 3.05) is 0 Å². The Hall–Kier alpha value is -7.42. The summed E-state index contributed by atoms with van der Waals surface area (Å²) in [5.41, 5.74) is 16.9. The molecule has 0 aliphatic carbocycles. The van der Waals surface area contributed by atoms with Crippen molar-refractivity contribution in [3.8, 4) is 61.3 Å². The van der Waals surface area contributed by atoms with E-state index >= 15 is 0 Å². The molecule has 11 rings (SSSR count). The maximum Gasteiger partial charge on any atom is 0.143 e. The van der Waals surface area contributed by atoms with E-state index in [1.807, 2.05) is 6.07 Å². The number of benzene rings is 9. The first-order chi connectivity index (χ1) is 27.7. The summed E-state index contributed by atoms with van der Waals surface area (Å²) in [6, 6.07) is 76.5. The molecule has 11 aromatic rings. The molecule has 0 N–H and O–H groups in total. The Morgan fingerprint density at radius 2 is 0.786 bits per heavy atom. The number of rotatable bonds is 6. The third-order valence-electron chi connectivity index (χ3n) is 11.2. The summed E-state index contributed by atoms with van der Waals surface area (Å²) in [5, 5.41) is 4.73. The minimum absolute atomic E-state index is 0.900. The molecule has 0 aliphatic heterocycles. The Bertz CT molecular complexity index is 3220. The molecule has 0 amide bonds. The first-order valence-electron chi connectivity index (χ1n) is 19.2. The van der Waals surface area contributed by atoms with Crippen LogP contribution in [0.1, 0.15) is 0 Å². The molecule has 0 spiro atoms. The van der Waals surface area contributed by atoms with Gasteiger partial charge in [0.05, 0.1) is 11.0 Å². The average molecular weight is 714 g/mol. The molecule has 2 heterocycles. The lowest BCUT2D eigenvalue weighted by atomic mass is 9.91. The predicted molar refractivity (Wildman–Crippen MR) is 235 cm³/mol. The van der Waals surface area contributed by atoms with Gasteiger partial charge in [0.1, 0.15) is 11.2 Å². The Morgan fingerprint density at radius 3 is 1.55 bits per heavy atom. The zero-order valence-electron chi connectivity index (χ0n) is 30.6. The van der Waals surface area contributed by atoms with Crippen molar-refractivity contribution in [2.45, 2.75) is 0 Å². The van der Waals surface area contributed by atoms with Crippen LogP contribution in [-0.4, -0.2) is 4.57 Å². The van der Waals surface area contributed by atoms with E-state index in [9.17, 15) is 0 Å².